The van der Waals surface area contributed by atoms with Crippen molar-refractivity contribution in [2.45, 2.75) is 12.3 Å². The molecule has 0 spiro atoms. The number of para-hydroxylation sites is 3. The molecule has 13 rings (SSSR count). The average Bonchev–Trinajstić information content (AvgIpc) is 3.93. The predicted molar refractivity (Wildman–Crippen MR) is 285 cm³/mol. The molecule has 0 aliphatic heterocycles. The highest BCUT2D eigenvalue weighted by atomic mass is 16.3. The van der Waals surface area contributed by atoms with E-state index in [0.29, 0.717) is 0 Å². The first-order valence-corrected chi connectivity index (χ1v) is 23.5. The van der Waals surface area contributed by atoms with Crippen molar-refractivity contribution in [1.29, 1.82) is 0 Å². The van der Waals surface area contributed by atoms with Crippen LogP contribution in [0.15, 0.2) is 259 Å². The summed E-state index contributed by atoms with van der Waals surface area (Å²) in [6.07, 6.45) is 0. The molecule has 0 bridgehead atoms. The molecule has 0 radical (unpaired) electrons. The number of anilines is 3. The second kappa shape index (κ2) is 16.0. The van der Waals surface area contributed by atoms with E-state index in [1.54, 1.807) is 0 Å². The topological polar surface area (TPSA) is 16.4 Å². The predicted octanol–water partition coefficient (Wildman–Crippen LogP) is 18.2. The largest absolute Gasteiger partial charge is 0.455 e. The number of hydrogen-bond acceptors (Lipinski definition) is 2. The van der Waals surface area contributed by atoms with Crippen LogP contribution >= 0.6 is 0 Å². The van der Waals surface area contributed by atoms with Crippen LogP contribution < -0.4 is 4.90 Å². The fourth-order valence-electron chi connectivity index (χ4n) is 11.2. The first-order chi connectivity index (χ1) is 33.6. The molecule has 0 saturated heterocycles. The third-order valence-corrected chi connectivity index (χ3v) is 14.4. The molecule has 1 heterocycles. The molecule has 1 aliphatic rings. The Bertz CT molecular complexity index is 3840. The molecule has 0 saturated carbocycles. The summed E-state index contributed by atoms with van der Waals surface area (Å²) in [5.74, 6) is 0. The molecule has 11 aromatic carbocycles. The number of fused-ring (bicyclic) bond motifs is 7. The standard InChI is InChI=1S/C66H45NO/c1-66(48-22-6-3-7-23-48)59-32-11-8-26-58(59)64-52(28-17-33-60(64)66)45-36-40-49(41-37-45)67(50-42-38-46(39-43-50)53-29-16-31-57-55-25-10-13-35-62(55)68-65(53)57)61-34-12-9-24-54(61)56-30-15-21-47-20-14-27-51(63(47)56)44-18-4-2-5-19-44/h2-43H,1H3. The molecular formula is C66H45NO. The van der Waals surface area contributed by atoms with Crippen LogP contribution in [0.5, 0.6) is 0 Å². The van der Waals surface area contributed by atoms with Crippen molar-refractivity contribution >= 4 is 49.8 Å². The van der Waals surface area contributed by atoms with Crippen LogP contribution in [0.25, 0.3) is 88.3 Å². The number of nitrogens with zero attached hydrogens (tertiary/aromatic N) is 1. The van der Waals surface area contributed by atoms with E-state index in [9.17, 15) is 0 Å². The fraction of sp³-hybridized carbons (Fsp3) is 0.0303. The molecular weight excluding hydrogens is 823 g/mol. The summed E-state index contributed by atoms with van der Waals surface area (Å²) in [4.78, 5) is 2.42. The molecule has 2 heteroatoms. The third kappa shape index (κ3) is 6.26. The lowest BCUT2D eigenvalue weighted by molar-refractivity contribution is 0.670. The van der Waals surface area contributed by atoms with Gasteiger partial charge in [0.2, 0.25) is 0 Å². The summed E-state index contributed by atoms with van der Waals surface area (Å²) in [6, 6.07) is 92.7. The Balaban J connectivity index is 0.975. The molecule has 12 aromatic rings. The Labute approximate surface area is 396 Å². The summed E-state index contributed by atoms with van der Waals surface area (Å²) in [5, 5.41) is 4.70. The smallest absolute Gasteiger partial charge is 0.143 e. The van der Waals surface area contributed by atoms with Gasteiger partial charge in [0.15, 0.2) is 0 Å². The number of benzene rings is 11. The quantitative estimate of drug-likeness (QED) is 0.151. The van der Waals surface area contributed by atoms with Gasteiger partial charge in [-0.2, -0.15) is 0 Å². The van der Waals surface area contributed by atoms with E-state index in [2.05, 4.69) is 254 Å². The lowest BCUT2D eigenvalue weighted by Gasteiger charge is -2.29. The van der Waals surface area contributed by atoms with Crippen molar-refractivity contribution in [3.8, 4) is 55.6 Å². The van der Waals surface area contributed by atoms with Crippen molar-refractivity contribution in [2.75, 3.05) is 4.90 Å². The third-order valence-electron chi connectivity index (χ3n) is 14.4. The highest BCUT2D eigenvalue weighted by molar-refractivity contribution is 6.11. The van der Waals surface area contributed by atoms with Crippen molar-refractivity contribution < 1.29 is 4.42 Å². The van der Waals surface area contributed by atoms with Crippen molar-refractivity contribution in [2.24, 2.45) is 0 Å². The minimum Gasteiger partial charge on any atom is -0.455 e. The summed E-state index contributed by atoms with van der Waals surface area (Å²) in [5.41, 5.74) is 20.7. The minimum absolute atomic E-state index is 0.270. The van der Waals surface area contributed by atoms with E-state index in [0.717, 1.165) is 55.7 Å². The van der Waals surface area contributed by atoms with E-state index in [1.165, 1.54) is 66.4 Å². The lowest BCUT2D eigenvalue weighted by atomic mass is 9.74. The Morgan fingerprint density at radius 3 is 1.63 bits per heavy atom. The minimum atomic E-state index is -0.270. The van der Waals surface area contributed by atoms with E-state index >= 15 is 0 Å². The van der Waals surface area contributed by atoms with Gasteiger partial charge in [0.05, 0.1) is 5.69 Å². The molecule has 2 nitrogen and oxygen atoms in total. The Hall–Kier alpha value is -8.72. The van der Waals surface area contributed by atoms with Gasteiger partial charge in [0.25, 0.3) is 0 Å². The van der Waals surface area contributed by atoms with E-state index in [4.69, 9.17) is 4.42 Å². The number of rotatable bonds is 8. The first-order valence-electron chi connectivity index (χ1n) is 23.5. The van der Waals surface area contributed by atoms with Gasteiger partial charge in [-0.25, -0.2) is 0 Å². The van der Waals surface area contributed by atoms with Crippen LogP contribution in [-0.4, -0.2) is 0 Å². The van der Waals surface area contributed by atoms with E-state index < -0.39 is 0 Å². The second-order valence-corrected chi connectivity index (χ2v) is 18.1. The normalized spacial score (nSPS) is 14.0. The van der Waals surface area contributed by atoms with Crippen LogP contribution in [0.2, 0.25) is 0 Å². The van der Waals surface area contributed by atoms with Gasteiger partial charge in [0.1, 0.15) is 11.2 Å². The van der Waals surface area contributed by atoms with E-state index in [1.807, 2.05) is 12.1 Å². The maximum atomic E-state index is 6.51. The monoisotopic (exact) mass is 867 g/mol. The Kier molecular flexibility index (Phi) is 9.33. The Morgan fingerprint density at radius 2 is 0.868 bits per heavy atom. The molecule has 1 aromatic heterocycles. The van der Waals surface area contributed by atoms with Crippen molar-refractivity contribution in [1.82, 2.24) is 0 Å². The lowest BCUT2D eigenvalue weighted by Crippen LogP contribution is -2.22. The van der Waals surface area contributed by atoms with E-state index in [-0.39, 0.29) is 5.41 Å². The van der Waals surface area contributed by atoms with Crippen LogP contribution in [0.1, 0.15) is 23.6 Å². The summed E-state index contributed by atoms with van der Waals surface area (Å²) in [7, 11) is 0. The number of furan rings is 1. The van der Waals surface area contributed by atoms with Crippen LogP contribution in [0, 0.1) is 0 Å². The molecule has 320 valence electrons. The molecule has 0 N–H and O–H groups in total. The molecule has 0 fully saturated rings. The first kappa shape index (κ1) is 39.6. The maximum absolute atomic E-state index is 6.51. The zero-order valence-electron chi connectivity index (χ0n) is 37.6. The van der Waals surface area contributed by atoms with Crippen LogP contribution in [-0.2, 0) is 5.41 Å². The Morgan fingerprint density at radius 1 is 0.353 bits per heavy atom. The average molecular weight is 868 g/mol. The molecule has 1 unspecified atom stereocenters. The summed E-state index contributed by atoms with van der Waals surface area (Å²) < 4.78 is 6.51. The van der Waals surface area contributed by atoms with Crippen molar-refractivity contribution in [3.63, 3.8) is 0 Å². The molecule has 1 aliphatic carbocycles. The van der Waals surface area contributed by atoms with Gasteiger partial charge in [-0.15, -0.1) is 0 Å². The van der Waals surface area contributed by atoms with Crippen molar-refractivity contribution in [3.05, 3.63) is 271 Å². The van der Waals surface area contributed by atoms with Gasteiger partial charge < -0.3 is 9.32 Å². The summed E-state index contributed by atoms with van der Waals surface area (Å²) in [6.45, 7) is 2.39. The molecule has 0 amide bonds. The summed E-state index contributed by atoms with van der Waals surface area (Å²) >= 11 is 0. The van der Waals surface area contributed by atoms with Gasteiger partial charge in [0, 0.05) is 38.7 Å². The van der Waals surface area contributed by atoms with Gasteiger partial charge in [-0.1, -0.05) is 218 Å². The highest BCUT2D eigenvalue weighted by Gasteiger charge is 2.41. The zero-order valence-corrected chi connectivity index (χ0v) is 37.6. The zero-order chi connectivity index (χ0) is 45.2. The highest BCUT2D eigenvalue weighted by Crippen LogP contribution is 2.55. The SMILES string of the molecule is CC1(c2ccccc2)c2ccccc2-c2c(-c3ccc(N(c4ccc(-c5cccc6c5oc5ccccc56)cc4)c4ccccc4-c4cccc5cccc(-c6ccccc6)c45)cc3)cccc21. The fourth-order valence-corrected chi connectivity index (χ4v) is 11.2. The van der Waals surface area contributed by atoms with Crippen LogP contribution in [0.3, 0.4) is 0 Å². The van der Waals surface area contributed by atoms with Crippen LogP contribution in [0.4, 0.5) is 17.1 Å². The second-order valence-electron chi connectivity index (χ2n) is 18.1. The van der Waals surface area contributed by atoms with Gasteiger partial charge >= 0.3 is 0 Å². The van der Waals surface area contributed by atoms with Gasteiger partial charge in [-0.05, 0) is 115 Å². The van der Waals surface area contributed by atoms with Gasteiger partial charge in [-0.3, -0.25) is 0 Å². The molecule has 68 heavy (non-hydrogen) atoms. The molecule has 1 atom stereocenters. The maximum Gasteiger partial charge on any atom is 0.143 e. The number of hydrogen-bond donors (Lipinski definition) is 0.